The Balaban J connectivity index is 1.40. The van der Waals surface area contributed by atoms with Crippen molar-refractivity contribution in [1.82, 2.24) is 9.55 Å². The Bertz CT molecular complexity index is 3160. The lowest BCUT2D eigenvalue weighted by Gasteiger charge is -2.23. The first-order valence-corrected chi connectivity index (χ1v) is 16.7. The molecule has 0 bridgehead atoms. The predicted octanol–water partition coefficient (Wildman–Crippen LogP) is 12.6. The highest BCUT2D eigenvalue weighted by molar-refractivity contribution is 6.22. The van der Waals surface area contributed by atoms with Gasteiger partial charge in [-0.15, -0.1) is 0 Å². The van der Waals surface area contributed by atoms with Gasteiger partial charge in [0.2, 0.25) is 0 Å². The standard InChI is InChI=1S/C48H34N2/c1-48(2)41-25-13-12-18-33(41)34-29-28-31(30-42(34)48)45-35-19-6-8-21-37(35)46(38-22-9-7-20-36(38)45)39-23-10-11-24-40(39)47-49-43-26-14-15-27-44(43)50(47)32-16-4-3-5-17-32/h3-30H,1-2H3/i6D,7D,8D,9D,19D,20D,21D,22D. The van der Waals surface area contributed by atoms with Crippen molar-refractivity contribution >= 4 is 32.6 Å². The number of aromatic nitrogens is 2. The van der Waals surface area contributed by atoms with Crippen LogP contribution in [0.2, 0.25) is 0 Å². The number of fused-ring (bicyclic) bond motifs is 6. The minimum Gasteiger partial charge on any atom is -0.292 e. The van der Waals surface area contributed by atoms with Crippen LogP contribution in [-0.2, 0) is 5.41 Å². The van der Waals surface area contributed by atoms with Crippen molar-refractivity contribution in [3.05, 3.63) is 181 Å². The molecule has 1 aliphatic carbocycles. The second kappa shape index (κ2) is 10.9. The summed E-state index contributed by atoms with van der Waals surface area (Å²) in [6, 6.07) is 36.3. The molecule has 0 radical (unpaired) electrons. The molecule has 50 heavy (non-hydrogen) atoms. The summed E-state index contributed by atoms with van der Waals surface area (Å²) in [5, 5.41) is 0.684. The summed E-state index contributed by atoms with van der Waals surface area (Å²) < 4.78 is 76.2. The maximum absolute atomic E-state index is 9.58. The van der Waals surface area contributed by atoms with Crippen LogP contribution in [0.3, 0.4) is 0 Å². The van der Waals surface area contributed by atoms with E-state index in [1.807, 2.05) is 114 Å². The molecule has 0 saturated heterocycles. The van der Waals surface area contributed by atoms with E-state index in [-0.39, 0.29) is 51.3 Å². The summed E-state index contributed by atoms with van der Waals surface area (Å²) in [4.78, 5) is 5.14. The lowest BCUT2D eigenvalue weighted by atomic mass is 9.80. The fourth-order valence-electron chi connectivity index (χ4n) is 7.98. The van der Waals surface area contributed by atoms with Crippen LogP contribution in [-0.4, -0.2) is 9.55 Å². The monoisotopic (exact) mass is 646 g/mol. The van der Waals surface area contributed by atoms with Crippen molar-refractivity contribution in [2.24, 2.45) is 0 Å². The smallest absolute Gasteiger partial charge is 0.146 e. The van der Waals surface area contributed by atoms with Gasteiger partial charge in [0.15, 0.2) is 0 Å². The molecule has 0 unspecified atom stereocenters. The van der Waals surface area contributed by atoms with Crippen molar-refractivity contribution in [2.75, 3.05) is 0 Å². The van der Waals surface area contributed by atoms with Crippen LogP contribution in [0.15, 0.2) is 170 Å². The van der Waals surface area contributed by atoms with E-state index >= 15 is 0 Å². The van der Waals surface area contributed by atoms with Gasteiger partial charge >= 0.3 is 0 Å². The van der Waals surface area contributed by atoms with Crippen molar-refractivity contribution in [1.29, 1.82) is 0 Å². The zero-order valence-electron chi connectivity index (χ0n) is 35.4. The summed E-state index contributed by atoms with van der Waals surface area (Å²) >= 11 is 0. The van der Waals surface area contributed by atoms with Gasteiger partial charge in [-0.05, 0) is 96.4 Å². The highest BCUT2D eigenvalue weighted by atomic mass is 15.1. The van der Waals surface area contributed by atoms with E-state index in [0.29, 0.717) is 28.1 Å². The molecule has 0 saturated carbocycles. The molecule has 0 fully saturated rings. The van der Waals surface area contributed by atoms with E-state index in [0.717, 1.165) is 39.0 Å². The van der Waals surface area contributed by atoms with Crippen LogP contribution in [0.5, 0.6) is 0 Å². The van der Waals surface area contributed by atoms with Gasteiger partial charge in [0, 0.05) is 16.7 Å². The number of rotatable bonds is 4. The van der Waals surface area contributed by atoms with Gasteiger partial charge in [0.1, 0.15) is 5.82 Å². The van der Waals surface area contributed by atoms with Gasteiger partial charge in [0.05, 0.1) is 22.0 Å². The molecule has 10 rings (SSSR count). The maximum atomic E-state index is 9.58. The van der Waals surface area contributed by atoms with Gasteiger partial charge < -0.3 is 0 Å². The van der Waals surface area contributed by atoms with Crippen LogP contribution in [0.25, 0.3) is 83.0 Å². The second-order valence-corrected chi connectivity index (χ2v) is 13.3. The van der Waals surface area contributed by atoms with E-state index in [4.69, 9.17) is 10.5 Å². The second-order valence-electron chi connectivity index (χ2n) is 13.3. The Morgan fingerprint density at radius 3 is 1.80 bits per heavy atom. The Morgan fingerprint density at radius 2 is 1.08 bits per heavy atom. The van der Waals surface area contributed by atoms with E-state index in [2.05, 4.69) is 26.0 Å². The maximum Gasteiger partial charge on any atom is 0.146 e. The quantitative estimate of drug-likeness (QED) is 0.174. The highest BCUT2D eigenvalue weighted by Crippen LogP contribution is 2.51. The van der Waals surface area contributed by atoms with Crippen LogP contribution < -0.4 is 0 Å². The average Bonchev–Trinajstić information content (AvgIpc) is 3.75. The third-order valence-electron chi connectivity index (χ3n) is 10.3. The SMILES string of the molecule is [2H]c1c([2H])c([2H])c2c(-c3ccccc3-c3nc4ccccc4n3-c3ccccc3)c3c([2H])c([2H])c([2H])c([2H])c3c(-c3ccc4c(c3)C(C)(C)c3ccccc3-4)c2c1[2H]. The summed E-state index contributed by atoms with van der Waals surface area (Å²) in [7, 11) is 0. The molecule has 236 valence electrons. The van der Waals surface area contributed by atoms with Gasteiger partial charge in [-0.1, -0.05) is 153 Å². The molecule has 0 spiro atoms. The first kappa shape index (κ1) is 21.7. The number of nitrogens with zero attached hydrogens (tertiary/aromatic N) is 2. The zero-order chi connectivity index (χ0) is 40.4. The summed E-state index contributed by atoms with van der Waals surface area (Å²) in [6.45, 7) is 4.30. The molecule has 0 atom stereocenters. The summed E-state index contributed by atoms with van der Waals surface area (Å²) in [5.41, 5.74) is 8.72. The fraction of sp³-hybridized carbons (Fsp3) is 0.0625. The van der Waals surface area contributed by atoms with Gasteiger partial charge in [0.25, 0.3) is 0 Å². The van der Waals surface area contributed by atoms with Gasteiger partial charge in [-0.25, -0.2) is 4.98 Å². The van der Waals surface area contributed by atoms with Crippen LogP contribution in [0.4, 0.5) is 0 Å². The molecule has 1 aliphatic rings. The Labute approximate surface area is 303 Å². The lowest BCUT2D eigenvalue weighted by Crippen LogP contribution is -2.14. The summed E-state index contributed by atoms with van der Waals surface area (Å²) in [6.07, 6.45) is 0. The normalized spacial score (nSPS) is 15.4. The average molecular weight is 647 g/mol. The first-order valence-electron chi connectivity index (χ1n) is 20.7. The molecule has 8 aromatic carbocycles. The number of hydrogen-bond acceptors (Lipinski definition) is 1. The third kappa shape index (κ3) is 4.12. The minimum atomic E-state index is -0.440. The Kier molecular flexibility index (Phi) is 4.72. The van der Waals surface area contributed by atoms with Crippen molar-refractivity contribution in [3.8, 4) is 50.5 Å². The molecule has 1 aromatic heterocycles. The van der Waals surface area contributed by atoms with Crippen molar-refractivity contribution < 1.29 is 11.0 Å². The predicted molar refractivity (Wildman–Crippen MR) is 210 cm³/mol. The van der Waals surface area contributed by atoms with E-state index in [9.17, 15) is 5.48 Å². The minimum absolute atomic E-state index is 0.163. The van der Waals surface area contributed by atoms with E-state index in [1.54, 1.807) is 0 Å². The van der Waals surface area contributed by atoms with Crippen LogP contribution in [0, 0.1) is 0 Å². The third-order valence-corrected chi connectivity index (χ3v) is 10.3. The zero-order valence-corrected chi connectivity index (χ0v) is 27.4. The number of hydrogen-bond donors (Lipinski definition) is 0. The van der Waals surface area contributed by atoms with Crippen LogP contribution in [0.1, 0.15) is 35.9 Å². The van der Waals surface area contributed by atoms with Gasteiger partial charge in [-0.3, -0.25) is 4.57 Å². The molecule has 0 N–H and O–H groups in total. The lowest BCUT2D eigenvalue weighted by molar-refractivity contribution is 0.660. The number of imidazole rings is 1. The van der Waals surface area contributed by atoms with Crippen molar-refractivity contribution in [2.45, 2.75) is 19.3 Å². The van der Waals surface area contributed by atoms with Gasteiger partial charge in [-0.2, -0.15) is 0 Å². The molecule has 9 aromatic rings. The molecule has 2 nitrogen and oxygen atoms in total. The number of para-hydroxylation sites is 3. The Morgan fingerprint density at radius 1 is 0.520 bits per heavy atom. The van der Waals surface area contributed by atoms with Crippen molar-refractivity contribution in [3.63, 3.8) is 0 Å². The molecule has 2 heteroatoms. The number of benzene rings is 8. The molecule has 0 aliphatic heterocycles. The van der Waals surface area contributed by atoms with Crippen LogP contribution >= 0.6 is 0 Å². The Hall–Kier alpha value is -6.25. The molecule has 0 amide bonds. The summed E-state index contributed by atoms with van der Waals surface area (Å²) in [5.74, 6) is 0.565. The van der Waals surface area contributed by atoms with E-state index in [1.165, 1.54) is 0 Å². The highest BCUT2D eigenvalue weighted by Gasteiger charge is 2.35. The molecular weight excluding hydrogens is 605 g/mol. The molecule has 1 heterocycles. The fourth-order valence-corrected chi connectivity index (χ4v) is 7.98. The topological polar surface area (TPSA) is 17.8 Å². The molecular formula is C48H34N2. The van der Waals surface area contributed by atoms with E-state index < -0.39 is 29.6 Å². The first-order chi connectivity index (χ1) is 27.9. The largest absolute Gasteiger partial charge is 0.292 e.